The highest BCUT2D eigenvalue weighted by molar-refractivity contribution is 5.31. The summed E-state index contributed by atoms with van der Waals surface area (Å²) in [5, 5.41) is 0. The van der Waals surface area contributed by atoms with Crippen LogP contribution in [0.5, 0.6) is 0 Å². The predicted octanol–water partition coefficient (Wildman–Crippen LogP) is 5.32. The number of hydrogen-bond acceptors (Lipinski definition) is 0. The Bertz CT molecular complexity index is 511. The SMILES string of the molecule is CCCCCc1cccc(Cc2cccc(C)c2)c1. The highest BCUT2D eigenvalue weighted by Gasteiger charge is 1.99. The molecule has 0 N–H and O–H groups in total. The van der Waals surface area contributed by atoms with Crippen LogP contribution in [0.2, 0.25) is 0 Å². The van der Waals surface area contributed by atoms with Crippen molar-refractivity contribution < 1.29 is 0 Å². The van der Waals surface area contributed by atoms with Crippen LogP contribution in [0.1, 0.15) is 48.4 Å². The first-order valence-electron chi connectivity index (χ1n) is 7.41. The molecule has 0 radical (unpaired) electrons. The van der Waals surface area contributed by atoms with Crippen molar-refractivity contribution in [1.29, 1.82) is 0 Å². The average Bonchev–Trinajstić information content (AvgIpc) is 2.39. The normalized spacial score (nSPS) is 10.6. The molecule has 0 saturated heterocycles. The van der Waals surface area contributed by atoms with E-state index in [0.717, 1.165) is 6.42 Å². The largest absolute Gasteiger partial charge is 0.0654 e. The Labute approximate surface area is 117 Å². The molecule has 0 heterocycles. The van der Waals surface area contributed by atoms with Crippen LogP contribution in [0.3, 0.4) is 0 Å². The van der Waals surface area contributed by atoms with E-state index in [9.17, 15) is 0 Å². The Morgan fingerprint density at radius 1 is 0.789 bits per heavy atom. The summed E-state index contributed by atoms with van der Waals surface area (Å²) in [4.78, 5) is 0. The number of unbranched alkanes of at least 4 members (excludes halogenated alkanes) is 2. The molecule has 0 nitrogen and oxygen atoms in total. The number of aryl methyl sites for hydroxylation is 2. The van der Waals surface area contributed by atoms with Gasteiger partial charge in [0.2, 0.25) is 0 Å². The van der Waals surface area contributed by atoms with Gasteiger partial charge in [-0.15, -0.1) is 0 Å². The van der Waals surface area contributed by atoms with Crippen molar-refractivity contribution in [2.24, 2.45) is 0 Å². The molecule has 2 aromatic rings. The van der Waals surface area contributed by atoms with E-state index in [1.807, 2.05) is 0 Å². The van der Waals surface area contributed by atoms with E-state index in [0.29, 0.717) is 0 Å². The topological polar surface area (TPSA) is 0 Å². The van der Waals surface area contributed by atoms with Gasteiger partial charge >= 0.3 is 0 Å². The molecule has 0 aliphatic rings. The van der Waals surface area contributed by atoms with E-state index >= 15 is 0 Å². The molecular weight excluding hydrogens is 228 g/mol. The second kappa shape index (κ2) is 7.13. The van der Waals surface area contributed by atoms with Gasteiger partial charge in [0, 0.05) is 0 Å². The summed E-state index contributed by atoms with van der Waals surface area (Å²) >= 11 is 0. The van der Waals surface area contributed by atoms with Gasteiger partial charge in [-0.2, -0.15) is 0 Å². The standard InChI is InChI=1S/C19H24/c1-3-4-5-9-17-10-7-12-19(14-17)15-18-11-6-8-16(2)13-18/h6-8,10-14H,3-5,9,15H2,1-2H3. The quantitative estimate of drug-likeness (QED) is 0.610. The summed E-state index contributed by atoms with van der Waals surface area (Å²) in [5.74, 6) is 0. The first-order valence-corrected chi connectivity index (χ1v) is 7.41. The molecule has 0 aliphatic heterocycles. The summed E-state index contributed by atoms with van der Waals surface area (Å²) < 4.78 is 0. The van der Waals surface area contributed by atoms with E-state index in [1.54, 1.807) is 0 Å². The fourth-order valence-electron chi connectivity index (χ4n) is 2.53. The van der Waals surface area contributed by atoms with Crippen LogP contribution in [0.25, 0.3) is 0 Å². The molecule has 2 rings (SSSR count). The Balaban J connectivity index is 2.02. The van der Waals surface area contributed by atoms with Crippen LogP contribution < -0.4 is 0 Å². The smallest absolute Gasteiger partial charge is 0.00256 e. The zero-order valence-electron chi connectivity index (χ0n) is 12.2. The number of rotatable bonds is 6. The minimum Gasteiger partial charge on any atom is -0.0654 e. The molecule has 0 bridgehead atoms. The van der Waals surface area contributed by atoms with E-state index in [-0.39, 0.29) is 0 Å². The third-order valence-corrected chi connectivity index (χ3v) is 3.55. The predicted molar refractivity (Wildman–Crippen MR) is 83.7 cm³/mol. The van der Waals surface area contributed by atoms with E-state index < -0.39 is 0 Å². The molecule has 0 saturated carbocycles. The van der Waals surface area contributed by atoms with Crippen molar-refractivity contribution in [3.05, 3.63) is 70.8 Å². The summed E-state index contributed by atoms with van der Waals surface area (Å²) in [6, 6.07) is 17.9. The van der Waals surface area contributed by atoms with Crippen molar-refractivity contribution in [2.45, 2.75) is 46.0 Å². The maximum absolute atomic E-state index is 2.37. The molecule has 0 aromatic heterocycles. The number of hydrogen-bond donors (Lipinski definition) is 0. The molecule has 0 spiro atoms. The van der Waals surface area contributed by atoms with Gasteiger partial charge in [0.1, 0.15) is 0 Å². The van der Waals surface area contributed by atoms with Gasteiger partial charge < -0.3 is 0 Å². The Morgan fingerprint density at radius 2 is 1.47 bits per heavy atom. The van der Waals surface area contributed by atoms with Crippen LogP contribution in [0.15, 0.2) is 48.5 Å². The molecule has 100 valence electrons. The van der Waals surface area contributed by atoms with Gasteiger partial charge in [-0.05, 0) is 42.9 Å². The Hall–Kier alpha value is -1.56. The van der Waals surface area contributed by atoms with E-state index in [1.165, 1.54) is 47.9 Å². The fraction of sp³-hybridized carbons (Fsp3) is 0.368. The van der Waals surface area contributed by atoms with Crippen molar-refractivity contribution in [2.75, 3.05) is 0 Å². The van der Waals surface area contributed by atoms with Gasteiger partial charge in [-0.3, -0.25) is 0 Å². The highest BCUT2D eigenvalue weighted by Crippen LogP contribution is 2.14. The molecule has 2 aromatic carbocycles. The van der Waals surface area contributed by atoms with Crippen LogP contribution in [-0.4, -0.2) is 0 Å². The first kappa shape index (κ1) is 13.9. The summed E-state index contributed by atoms with van der Waals surface area (Å²) in [7, 11) is 0. The fourth-order valence-corrected chi connectivity index (χ4v) is 2.53. The summed E-state index contributed by atoms with van der Waals surface area (Å²) in [6.07, 6.45) is 6.20. The average molecular weight is 252 g/mol. The lowest BCUT2D eigenvalue weighted by atomic mass is 9.99. The van der Waals surface area contributed by atoms with Gasteiger partial charge in [0.05, 0.1) is 0 Å². The minimum atomic E-state index is 1.04. The van der Waals surface area contributed by atoms with Crippen LogP contribution in [0, 0.1) is 6.92 Å². The van der Waals surface area contributed by atoms with Crippen molar-refractivity contribution >= 4 is 0 Å². The third-order valence-electron chi connectivity index (χ3n) is 3.55. The maximum atomic E-state index is 2.37. The van der Waals surface area contributed by atoms with Gasteiger partial charge in [-0.1, -0.05) is 73.9 Å². The molecular formula is C19H24. The highest BCUT2D eigenvalue weighted by atomic mass is 14.0. The zero-order valence-corrected chi connectivity index (χ0v) is 12.2. The Kier molecular flexibility index (Phi) is 5.20. The zero-order chi connectivity index (χ0) is 13.5. The van der Waals surface area contributed by atoms with Crippen LogP contribution >= 0.6 is 0 Å². The first-order chi connectivity index (χ1) is 9.28. The molecule has 0 heteroatoms. The monoisotopic (exact) mass is 252 g/mol. The minimum absolute atomic E-state index is 1.04. The second-order valence-corrected chi connectivity index (χ2v) is 5.44. The lowest BCUT2D eigenvalue weighted by molar-refractivity contribution is 0.717. The van der Waals surface area contributed by atoms with Crippen LogP contribution in [0.4, 0.5) is 0 Å². The van der Waals surface area contributed by atoms with Crippen molar-refractivity contribution in [1.82, 2.24) is 0 Å². The molecule has 0 aliphatic carbocycles. The summed E-state index contributed by atoms with van der Waals surface area (Å²) in [5.41, 5.74) is 5.67. The summed E-state index contributed by atoms with van der Waals surface area (Å²) in [6.45, 7) is 4.42. The van der Waals surface area contributed by atoms with Crippen molar-refractivity contribution in [3.63, 3.8) is 0 Å². The van der Waals surface area contributed by atoms with E-state index in [2.05, 4.69) is 62.4 Å². The lowest BCUT2D eigenvalue weighted by Crippen LogP contribution is -1.92. The Morgan fingerprint density at radius 3 is 2.21 bits per heavy atom. The van der Waals surface area contributed by atoms with Gasteiger partial charge in [0.15, 0.2) is 0 Å². The molecule has 0 amide bonds. The third kappa shape index (κ3) is 4.55. The van der Waals surface area contributed by atoms with E-state index in [4.69, 9.17) is 0 Å². The maximum Gasteiger partial charge on any atom is -0.00256 e. The second-order valence-electron chi connectivity index (χ2n) is 5.44. The molecule has 0 fully saturated rings. The molecule has 19 heavy (non-hydrogen) atoms. The number of benzene rings is 2. The van der Waals surface area contributed by atoms with Crippen molar-refractivity contribution in [3.8, 4) is 0 Å². The van der Waals surface area contributed by atoms with Gasteiger partial charge in [0.25, 0.3) is 0 Å². The van der Waals surface area contributed by atoms with Gasteiger partial charge in [-0.25, -0.2) is 0 Å². The van der Waals surface area contributed by atoms with Crippen LogP contribution in [-0.2, 0) is 12.8 Å². The molecule has 0 atom stereocenters. The molecule has 0 unspecified atom stereocenters. The lowest BCUT2D eigenvalue weighted by Gasteiger charge is -2.06.